The van der Waals surface area contributed by atoms with Gasteiger partial charge in [-0.05, 0) is 18.2 Å². The topological polar surface area (TPSA) is 42.9 Å². The van der Waals surface area contributed by atoms with Crippen LogP contribution in [0.25, 0.3) is 0 Å². The second-order valence-electron chi connectivity index (χ2n) is 3.06. The van der Waals surface area contributed by atoms with Crippen LogP contribution in [-0.2, 0) is 0 Å². The average Bonchev–Trinajstić information content (AvgIpc) is 2.33. The first-order chi connectivity index (χ1) is 7.70. The fourth-order valence-electron chi connectivity index (χ4n) is 1.26. The first-order valence-corrected chi connectivity index (χ1v) is 5.21. The van der Waals surface area contributed by atoms with Gasteiger partial charge in [-0.3, -0.25) is 4.79 Å². The van der Waals surface area contributed by atoms with Gasteiger partial charge in [-0.15, -0.1) is 0 Å². The molecular formula is C11H6Cl2N2O. The Morgan fingerprint density at radius 1 is 1.12 bits per heavy atom. The number of hydrogen-bond acceptors (Lipinski definition) is 3. The van der Waals surface area contributed by atoms with Crippen molar-refractivity contribution in [1.82, 2.24) is 10.2 Å². The number of benzene rings is 1. The lowest BCUT2D eigenvalue weighted by Gasteiger charge is -2.03. The van der Waals surface area contributed by atoms with Gasteiger partial charge in [-0.2, -0.15) is 10.2 Å². The van der Waals surface area contributed by atoms with Crippen molar-refractivity contribution in [3.05, 3.63) is 57.8 Å². The summed E-state index contributed by atoms with van der Waals surface area (Å²) in [5.41, 5.74) is 0.793. The molecule has 1 aromatic carbocycles. The molecule has 0 aliphatic rings. The first kappa shape index (κ1) is 11.0. The molecule has 16 heavy (non-hydrogen) atoms. The van der Waals surface area contributed by atoms with E-state index in [1.807, 2.05) is 0 Å². The molecule has 1 aromatic heterocycles. The molecule has 3 nitrogen and oxygen atoms in total. The van der Waals surface area contributed by atoms with Crippen LogP contribution < -0.4 is 0 Å². The van der Waals surface area contributed by atoms with Gasteiger partial charge >= 0.3 is 0 Å². The molecule has 0 N–H and O–H groups in total. The van der Waals surface area contributed by atoms with Crippen LogP contribution in [0.3, 0.4) is 0 Å². The van der Waals surface area contributed by atoms with Gasteiger partial charge in [0.2, 0.25) is 0 Å². The van der Waals surface area contributed by atoms with Gasteiger partial charge in [0.15, 0.2) is 5.78 Å². The van der Waals surface area contributed by atoms with Crippen molar-refractivity contribution in [3.8, 4) is 0 Å². The van der Waals surface area contributed by atoms with Gasteiger partial charge in [-0.1, -0.05) is 29.3 Å². The van der Waals surface area contributed by atoms with E-state index >= 15 is 0 Å². The second-order valence-corrected chi connectivity index (χ2v) is 3.85. The lowest BCUT2D eigenvalue weighted by Crippen LogP contribution is -2.03. The van der Waals surface area contributed by atoms with E-state index in [2.05, 4.69) is 10.2 Å². The van der Waals surface area contributed by atoms with E-state index in [4.69, 9.17) is 23.2 Å². The van der Waals surface area contributed by atoms with E-state index in [0.717, 1.165) is 0 Å². The van der Waals surface area contributed by atoms with E-state index in [0.29, 0.717) is 16.1 Å². The number of carbonyl (C=O) groups excluding carboxylic acids is 1. The molecule has 1 heterocycles. The van der Waals surface area contributed by atoms with Crippen LogP contribution in [0.2, 0.25) is 10.0 Å². The smallest absolute Gasteiger partial charge is 0.196 e. The minimum atomic E-state index is -0.220. The Morgan fingerprint density at radius 3 is 2.62 bits per heavy atom. The van der Waals surface area contributed by atoms with E-state index < -0.39 is 0 Å². The largest absolute Gasteiger partial charge is 0.288 e. The Bertz CT molecular complexity index is 529. The Kier molecular flexibility index (Phi) is 3.17. The highest BCUT2D eigenvalue weighted by molar-refractivity contribution is 6.44. The summed E-state index contributed by atoms with van der Waals surface area (Å²) in [6.07, 6.45) is 2.84. The van der Waals surface area contributed by atoms with Crippen LogP contribution in [-0.4, -0.2) is 16.0 Å². The minimum absolute atomic E-state index is 0.220. The number of aromatic nitrogens is 2. The molecule has 0 unspecified atom stereocenters. The third kappa shape index (κ3) is 2.05. The number of carbonyl (C=O) groups is 1. The second kappa shape index (κ2) is 4.60. The zero-order chi connectivity index (χ0) is 11.5. The van der Waals surface area contributed by atoms with Gasteiger partial charge < -0.3 is 0 Å². The Morgan fingerprint density at radius 2 is 1.94 bits per heavy atom. The molecule has 2 rings (SSSR count). The summed E-state index contributed by atoms with van der Waals surface area (Å²) >= 11 is 11.8. The van der Waals surface area contributed by atoms with Crippen LogP contribution in [0.5, 0.6) is 0 Å². The molecule has 0 fully saturated rings. The van der Waals surface area contributed by atoms with Crippen molar-refractivity contribution in [2.75, 3.05) is 0 Å². The highest BCUT2D eigenvalue weighted by atomic mass is 35.5. The molecule has 0 aliphatic carbocycles. The molecule has 0 aliphatic heterocycles. The Labute approximate surface area is 102 Å². The van der Waals surface area contributed by atoms with Gasteiger partial charge in [0.05, 0.1) is 22.4 Å². The summed E-state index contributed by atoms with van der Waals surface area (Å²) in [6, 6.07) is 6.51. The molecule has 0 saturated heterocycles. The molecule has 0 atom stereocenters. The summed E-state index contributed by atoms with van der Waals surface area (Å²) in [5, 5.41) is 7.85. The maximum atomic E-state index is 12.0. The average molecular weight is 253 g/mol. The highest BCUT2D eigenvalue weighted by Crippen LogP contribution is 2.27. The van der Waals surface area contributed by atoms with Crippen molar-refractivity contribution in [2.45, 2.75) is 0 Å². The van der Waals surface area contributed by atoms with Crippen molar-refractivity contribution in [3.63, 3.8) is 0 Å². The summed E-state index contributed by atoms with van der Waals surface area (Å²) in [7, 11) is 0. The predicted octanol–water partition coefficient (Wildman–Crippen LogP) is 3.01. The molecule has 0 radical (unpaired) electrons. The normalized spacial score (nSPS) is 10.1. The number of halogens is 2. The monoisotopic (exact) mass is 252 g/mol. The van der Waals surface area contributed by atoms with Crippen molar-refractivity contribution < 1.29 is 4.79 Å². The number of hydrogen-bond donors (Lipinski definition) is 0. The quantitative estimate of drug-likeness (QED) is 0.772. The molecule has 5 heteroatoms. The van der Waals surface area contributed by atoms with Crippen LogP contribution in [0.4, 0.5) is 0 Å². The SMILES string of the molecule is O=C(c1ccnnc1)c1cccc(Cl)c1Cl. The summed E-state index contributed by atoms with van der Waals surface area (Å²) in [5.74, 6) is -0.220. The Hall–Kier alpha value is -1.45. The van der Waals surface area contributed by atoms with Gasteiger partial charge in [0, 0.05) is 11.1 Å². The van der Waals surface area contributed by atoms with Crippen molar-refractivity contribution in [2.24, 2.45) is 0 Å². The fraction of sp³-hybridized carbons (Fsp3) is 0. The maximum Gasteiger partial charge on any atom is 0.196 e. The predicted molar refractivity (Wildman–Crippen MR) is 61.9 cm³/mol. The van der Waals surface area contributed by atoms with E-state index in [-0.39, 0.29) is 10.8 Å². The standard InChI is InChI=1S/C11H6Cl2N2O/c12-9-3-1-2-8(10(9)13)11(16)7-4-5-14-15-6-7/h1-6H. The third-order valence-electron chi connectivity index (χ3n) is 2.04. The van der Waals surface area contributed by atoms with E-state index in [1.165, 1.54) is 12.4 Å². The highest BCUT2D eigenvalue weighted by Gasteiger charge is 2.14. The fourth-order valence-corrected chi connectivity index (χ4v) is 1.65. The maximum absolute atomic E-state index is 12.0. The summed E-state index contributed by atoms with van der Waals surface area (Å²) < 4.78 is 0. The first-order valence-electron chi connectivity index (χ1n) is 4.45. The Balaban J connectivity index is 2.46. The minimum Gasteiger partial charge on any atom is -0.288 e. The zero-order valence-corrected chi connectivity index (χ0v) is 9.53. The van der Waals surface area contributed by atoms with E-state index in [1.54, 1.807) is 24.3 Å². The molecule has 0 spiro atoms. The lowest BCUT2D eigenvalue weighted by molar-refractivity contribution is 0.103. The van der Waals surface area contributed by atoms with Gasteiger partial charge in [-0.25, -0.2) is 0 Å². The molecule has 0 amide bonds. The van der Waals surface area contributed by atoms with Gasteiger partial charge in [0.1, 0.15) is 0 Å². The van der Waals surface area contributed by atoms with Gasteiger partial charge in [0.25, 0.3) is 0 Å². The molecule has 2 aromatic rings. The summed E-state index contributed by atoms with van der Waals surface area (Å²) in [6.45, 7) is 0. The van der Waals surface area contributed by atoms with E-state index in [9.17, 15) is 4.79 Å². The number of rotatable bonds is 2. The van der Waals surface area contributed by atoms with Crippen LogP contribution >= 0.6 is 23.2 Å². The summed E-state index contributed by atoms with van der Waals surface area (Å²) in [4.78, 5) is 12.0. The van der Waals surface area contributed by atoms with Crippen LogP contribution in [0, 0.1) is 0 Å². The van der Waals surface area contributed by atoms with Crippen molar-refractivity contribution in [1.29, 1.82) is 0 Å². The van der Waals surface area contributed by atoms with Crippen molar-refractivity contribution >= 4 is 29.0 Å². The third-order valence-corrected chi connectivity index (χ3v) is 2.86. The zero-order valence-electron chi connectivity index (χ0n) is 8.02. The molecular weight excluding hydrogens is 247 g/mol. The van der Waals surface area contributed by atoms with Crippen LogP contribution in [0.1, 0.15) is 15.9 Å². The number of ketones is 1. The molecule has 80 valence electrons. The molecule has 0 saturated carbocycles. The number of nitrogens with zero attached hydrogens (tertiary/aromatic N) is 2. The molecule has 0 bridgehead atoms. The van der Waals surface area contributed by atoms with Crippen LogP contribution in [0.15, 0.2) is 36.7 Å². The lowest BCUT2D eigenvalue weighted by atomic mass is 10.1.